The van der Waals surface area contributed by atoms with E-state index in [1.165, 1.54) is 0 Å². The third-order valence-corrected chi connectivity index (χ3v) is 3.35. The summed E-state index contributed by atoms with van der Waals surface area (Å²) in [5, 5.41) is 0. The largest absolute Gasteiger partial charge is 0.368 e. The maximum absolute atomic E-state index is 11.8. The number of primary amides is 1. The zero-order valence-electron chi connectivity index (χ0n) is 12.1. The van der Waals surface area contributed by atoms with E-state index in [1.807, 2.05) is 30.3 Å². The SMILES string of the molecule is CCCCN(CCCC)[C@H](C(N)=O)c1ccccc1. The lowest BCUT2D eigenvalue weighted by atomic mass is 10.0. The first kappa shape index (κ1) is 15.7. The minimum absolute atomic E-state index is 0.251. The van der Waals surface area contributed by atoms with Crippen molar-refractivity contribution in [2.45, 2.75) is 45.6 Å². The number of nitrogens with zero attached hydrogens (tertiary/aromatic N) is 1. The van der Waals surface area contributed by atoms with Gasteiger partial charge in [0.05, 0.1) is 0 Å². The van der Waals surface area contributed by atoms with Gasteiger partial charge in [0.1, 0.15) is 6.04 Å². The second-order valence-corrected chi connectivity index (χ2v) is 4.96. The molecule has 1 rings (SSSR count). The van der Waals surface area contributed by atoms with Gasteiger partial charge in [-0.2, -0.15) is 0 Å². The molecule has 1 aromatic carbocycles. The first-order chi connectivity index (χ1) is 9.20. The number of amides is 1. The Labute approximate surface area is 116 Å². The van der Waals surface area contributed by atoms with E-state index in [-0.39, 0.29) is 11.9 Å². The van der Waals surface area contributed by atoms with Gasteiger partial charge in [-0.25, -0.2) is 0 Å². The van der Waals surface area contributed by atoms with Gasteiger partial charge in [0.15, 0.2) is 0 Å². The quantitative estimate of drug-likeness (QED) is 0.743. The molecule has 3 heteroatoms. The third kappa shape index (κ3) is 5.03. The molecule has 0 radical (unpaired) electrons. The van der Waals surface area contributed by atoms with Gasteiger partial charge in [-0.3, -0.25) is 9.69 Å². The minimum atomic E-state index is -0.292. The molecule has 3 nitrogen and oxygen atoms in total. The van der Waals surface area contributed by atoms with Crippen LogP contribution >= 0.6 is 0 Å². The molecule has 2 N–H and O–H groups in total. The second-order valence-electron chi connectivity index (χ2n) is 4.96. The summed E-state index contributed by atoms with van der Waals surface area (Å²) in [5.74, 6) is -0.251. The molecule has 1 atom stereocenters. The normalized spacial score (nSPS) is 12.6. The van der Waals surface area contributed by atoms with Crippen molar-refractivity contribution >= 4 is 5.91 Å². The van der Waals surface area contributed by atoms with Gasteiger partial charge in [0.25, 0.3) is 0 Å². The van der Waals surface area contributed by atoms with Crippen LogP contribution in [0.3, 0.4) is 0 Å². The highest BCUT2D eigenvalue weighted by Gasteiger charge is 2.24. The number of carbonyl (C=O) groups excluding carboxylic acids is 1. The van der Waals surface area contributed by atoms with E-state index in [0.29, 0.717) is 0 Å². The predicted octanol–water partition coefficient (Wildman–Crippen LogP) is 3.12. The average molecular weight is 262 g/mol. The van der Waals surface area contributed by atoms with Crippen molar-refractivity contribution in [3.63, 3.8) is 0 Å². The molecule has 0 unspecified atom stereocenters. The molecule has 1 aromatic rings. The second kappa shape index (κ2) is 8.70. The summed E-state index contributed by atoms with van der Waals surface area (Å²) >= 11 is 0. The molecule has 106 valence electrons. The van der Waals surface area contributed by atoms with Crippen LogP contribution in [0.4, 0.5) is 0 Å². The molecule has 0 spiro atoms. The molecular weight excluding hydrogens is 236 g/mol. The standard InChI is InChI=1S/C16H26N2O/c1-3-5-12-18(13-6-4-2)15(16(17)19)14-10-8-7-9-11-14/h7-11,15H,3-6,12-13H2,1-2H3,(H2,17,19)/t15-/m0/s1. The summed E-state index contributed by atoms with van der Waals surface area (Å²) in [6.45, 7) is 6.19. The Morgan fingerprint density at radius 2 is 1.63 bits per heavy atom. The molecule has 1 amide bonds. The fraction of sp³-hybridized carbons (Fsp3) is 0.562. The number of rotatable bonds is 9. The Morgan fingerprint density at radius 3 is 2.05 bits per heavy atom. The summed E-state index contributed by atoms with van der Waals surface area (Å²) < 4.78 is 0. The zero-order chi connectivity index (χ0) is 14.1. The summed E-state index contributed by atoms with van der Waals surface area (Å²) in [5.41, 5.74) is 6.63. The zero-order valence-corrected chi connectivity index (χ0v) is 12.1. The van der Waals surface area contributed by atoms with Gasteiger partial charge >= 0.3 is 0 Å². The number of unbranched alkanes of at least 4 members (excludes halogenated alkanes) is 2. The highest BCUT2D eigenvalue weighted by Crippen LogP contribution is 2.21. The van der Waals surface area contributed by atoms with Crippen LogP contribution in [0.2, 0.25) is 0 Å². The van der Waals surface area contributed by atoms with Crippen LogP contribution in [-0.4, -0.2) is 23.9 Å². The van der Waals surface area contributed by atoms with E-state index in [4.69, 9.17) is 5.73 Å². The van der Waals surface area contributed by atoms with Gasteiger partial charge in [0.2, 0.25) is 5.91 Å². The van der Waals surface area contributed by atoms with Gasteiger partial charge in [-0.05, 0) is 31.5 Å². The predicted molar refractivity (Wildman–Crippen MR) is 79.8 cm³/mol. The number of hydrogen-bond donors (Lipinski definition) is 1. The topological polar surface area (TPSA) is 46.3 Å². The molecule has 19 heavy (non-hydrogen) atoms. The summed E-state index contributed by atoms with van der Waals surface area (Å²) in [6, 6.07) is 9.57. The van der Waals surface area contributed by atoms with Crippen molar-refractivity contribution in [2.24, 2.45) is 5.73 Å². The Balaban J connectivity index is 2.88. The molecule has 0 aliphatic carbocycles. The highest BCUT2D eigenvalue weighted by atomic mass is 16.1. The van der Waals surface area contributed by atoms with Crippen LogP contribution in [0.1, 0.15) is 51.1 Å². The number of hydrogen-bond acceptors (Lipinski definition) is 2. The molecule has 0 saturated heterocycles. The monoisotopic (exact) mass is 262 g/mol. The van der Waals surface area contributed by atoms with Crippen molar-refractivity contribution < 1.29 is 4.79 Å². The van der Waals surface area contributed by atoms with Crippen LogP contribution < -0.4 is 5.73 Å². The summed E-state index contributed by atoms with van der Waals surface area (Å²) in [7, 11) is 0. The minimum Gasteiger partial charge on any atom is -0.368 e. The van der Waals surface area contributed by atoms with E-state index in [0.717, 1.165) is 44.3 Å². The molecule has 0 aliphatic heterocycles. The molecule has 0 heterocycles. The first-order valence-electron chi connectivity index (χ1n) is 7.29. The van der Waals surface area contributed by atoms with Gasteiger partial charge < -0.3 is 5.73 Å². The van der Waals surface area contributed by atoms with Crippen molar-refractivity contribution in [1.29, 1.82) is 0 Å². The number of carbonyl (C=O) groups is 1. The Bertz CT molecular complexity index is 356. The number of nitrogens with two attached hydrogens (primary N) is 1. The molecule has 0 aromatic heterocycles. The summed E-state index contributed by atoms with van der Waals surface area (Å²) in [6.07, 6.45) is 4.45. The van der Waals surface area contributed by atoms with Crippen LogP contribution in [-0.2, 0) is 4.79 Å². The molecule has 0 fully saturated rings. The smallest absolute Gasteiger partial charge is 0.239 e. The highest BCUT2D eigenvalue weighted by molar-refractivity contribution is 5.81. The fourth-order valence-corrected chi connectivity index (χ4v) is 2.28. The third-order valence-electron chi connectivity index (χ3n) is 3.35. The lowest BCUT2D eigenvalue weighted by molar-refractivity contribution is -0.123. The number of benzene rings is 1. The van der Waals surface area contributed by atoms with Crippen LogP contribution in [0.5, 0.6) is 0 Å². The first-order valence-corrected chi connectivity index (χ1v) is 7.29. The van der Waals surface area contributed by atoms with Crippen molar-refractivity contribution in [3.05, 3.63) is 35.9 Å². The lowest BCUT2D eigenvalue weighted by Crippen LogP contribution is -2.39. The molecule has 0 aliphatic rings. The van der Waals surface area contributed by atoms with Crippen LogP contribution in [0.25, 0.3) is 0 Å². The summed E-state index contributed by atoms with van der Waals surface area (Å²) in [4.78, 5) is 14.1. The maximum atomic E-state index is 11.8. The average Bonchev–Trinajstić information content (AvgIpc) is 2.42. The van der Waals surface area contributed by atoms with Crippen molar-refractivity contribution in [3.8, 4) is 0 Å². The van der Waals surface area contributed by atoms with E-state index < -0.39 is 0 Å². The van der Waals surface area contributed by atoms with Crippen LogP contribution in [0, 0.1) is 0 Å². The Morgan fingerprint density at radius 1 is 1.11 bits per heavy atom. The lowest BCUT2D eigenvalue weighted by Gasteiger charge is -2.29. The van der Waals surface area contributed by atoms with Crippen molar-refractivity contribution in [2.75, 3.05) is 13.1 Å². The van der Waals surface area contributed by atoms with Gasteiger partial charge in [0, 0.05) is 0 Å². The fourth-order valence-electron chi connectivity index (χ4n) is 2.28. The molecule has 0 saturated carbocycles. The van der Waals surface area contributed by atoms with Gasteiger partial charge in [-0.15, -0.1) is 0 Å². The Hall–Kier alpha value is -1.35. The van der Waals surface area contributed by atoms with E-state index in [1.54, 1.807) is 0 Å². The van der Waals surface area contributed by atoms with E-state index in [2.05, 4.69) is 18.7 Å². The molecular formula is C16H26N2O. The van der Waals surface area contributed by atoms with Gasteiger partial charge in [-0.1, -0.05) is 57.0 Å². The van der Waals surface area contributed by atoms with E-state index in [9.17, 15) is 4.79 Å². The van der Waals surface area contributed by atoms with E-state index >= 15 is 0 Å². The van der Waals surface area contributed by atoms with Crippen LogP contribution in [0.15, 0.2) is 30.3 Å². The van der Waals surface area contributed by atoms with Crippen molar-refractivity contribution in [1.82, 2.24) is 4.90 Å². The maximum Gasteiger partial charge on any atom is 0.239 e. The molecule has 0 bridgehead atoms. The Kier molecular flexibility index (Phi) is 7.19.